The molecule has 3 rings (SSSR count). The van der Waals surface area contributed by atoms with Crippen LogP contribution in [0.5, 0.6) is 0 Å². The number of alkyl halides is 3. The zero-order chi connectivity index (χ0) is 18.7. The van der Waals surface area contributed by atoms with Crippen LogP contribution in [0.4, 0.5) is 18.9 Å². The Morgan fingerprint density at radius 1 is 1.15 bits per heavy atom. The van der Waals surface area contributed by atoms with E-state index >= 15 is 0 Å². The molecule has 0 aliphatic rings. The van der Waals surface area contributed by atoms with E-state index in [1.54, 1.807) is 6.07 Å². The summed E-state index contributed by atoms with van der Waals surface area (Å²) in [7, 11) is 0. The number of rotatable bonds is 4. The Kier molecular flexibility index (Phi) is 4.90. The minimum absolute atomic E-state index is 0.00714. The number of carbonyl (C=O) groups is 1. The number of hydrogen-bond acceptors (Lipinski definition) is 4. The van der Waals surface area contributed by atoms with E-state index in [0.29, 0.717) is 5.69 Å². The third-order valence-corrected chi connectivity index (χ3v) is 4.30. The van der Waals surface area contributed by atoms with Gasteiger partial charge in [0.15, 0.2) is 0 Å². The van der Waals surface area contributed by atoms with Crippen molar-refractivity contribution >= 4 is 22.9 Å². The van der Waals surface area contributed by atoms with Crippen LogP contribution in [-0.2, 0) is 17.5 Å². The molecule has 0 bridgehead atoms. The summed E-state index contributed by atoms with van der Waals surface area (Å²) in [6.45, 7) is -0.408. The molecule has 134 valence electrons. The van der Waals surface area contributed by atoms with Crippen LogP contribution in [0, 0.1) is 0 Å². The molecule has 0 fully saturated rings. The van der Waals surface area contributed by atoms with Gasteiger partial charge in [-0.05, 0) is 35.7 Å². The van der Waals surface area contributed by atoms with Gasteiger partial charge in [0.1, 0.15) is 12.2 Å². The van der Waals surface area contributed by atoms with E-state index in [1.807, 2.05) is 17.5 Å². The largest absolute Gasteiger partial charge is 0.416 e. The molecule has 0 radical (unpaired) electrons. The zero-order valence-corrected chi connectivity index (χ0v) is 14.0. The van der Waals surface area contributed by atoms with Crippen molar-refractivity contribution in [1.82, 2.24) is 9.78 Å². The Morgan fingerprint density at radius 3 is 2.65 bits per heavy atom. The maximum atomic E-state index is 12.7. The quantitative estimate of drug-likeness (QED) is 0.753. The maximum absolute atomic E-state index is 12.7. The fourth-order valence-electron chi connectivity index (χ4n) is 2.23. The van der Waals surface area contributed by atoms with Crippen LogP contribution >= 0.6 is 11.3 Å². The maximum Gasteiger partial charge on any atom is 0.416 e. The predicted molar refractivity (Wildman–Crippen MR) is 91.9 cm³/mol. The molecular formula is C17H12F3N3O2S. The molecule has 1 amide bonds. The van der Waals surface area contributed by atoms with Gasteiger partial charge in [0.2, 0.25) is 5.91 Å². The lowest BCUT2D eigenvalue weighted by molar-refractivity contribution is -0.137. The number of hydrogen-bond donors (Lipinski definition) is 1. The molecule has 3 aromatic rings. The fraction of sp³-hybridized carbons (Fsp3) is 0.118. The van der Waals surface area contributed by atoms with Gasteiger partial charge < -0.3 is 5.32 Å². The third-order valence-electron chi connectivity index (χ3n) is 3.41. The van der Waals surface area contributed by atoms with Crippen LogP contribution in [0.2, 0.25) is 0 Å². The molecule has 0 atom stereocenters. The number of thiophene rings is 1. The van der Waals surface area contributed by atoms with Gasteiger partial charge in [-0.3, -0.25) is 9.59 Å². The van der Waals surface area contributed by atoms with Crippen molar-refractivity contribution in [2.45, 2.75) is 12.7 Å². The van der Waals surface area contributed by atoms with Crippen molar-refractivity contribution in [2.24, 2.45) is 0 Å². The summed E-state index contributed by atoms with van der Waals surface area (Å²) in [4.78, 5) is 24.8. The van der Waals surface area contributed by atoms with Crippen molar-refractivity contribution in [2.75, 3.05) is 5.32 Å². The molecule has 1 aromatic carbocycles. The van der Waals surface area contributed by atoms with Gasteiger partial charge in [-0.1, -0.05) is 12.1 Å². The number of amides is 1. The Morgan fingerprint density at radius 2 is 1.96 bits per heavy atom. The number of carbonyl (C=O) groups excluding carboxylic acids is 1. The molecule has 2 aromatic heterocycles. The molecular weight excluding hydrogens is 367 g/mol. The Balaban J connectivity index is 1.77. The van der Waals surface area contributed by atoms with Crippen LogP contribution in [0.15, 0.2) is 58.7 Å². The predicted octanol–water partition coefficient (Wildman–Crippen LogP) is 3.63. The van der Waals surface area contributed by atoms with E-state index in [2.05, 4.69) is 10.4 Å². The lowest BCUT2D eigenvalue weighted by atomic mass is 10.2. The van der Waals surface area contributed by atoms with Crippen LogP contribution in [-0.4, -0.2) is 15.7 Å². The van der Waals surface area contributed by atoms with Gasteiger partial charge in [0, 0.05) is 11.8 Å². The first-order valence-corrected chi connectivity index (χ1v) is 8.30. The van der Waals surface area contributed by atoms with Gasteiger partial charge in [-0.15, -0.1) is 11.3 Å². The monoisotopic (exact) mass is 379 g/mol. The minimum Gasteiger partial charge on any atom is -0.324 e. The van der Waals surface area contributed by atoms with Gasteiger partial charge in [-0.25, -0.2) is 4.68 Å². The van der Waals surface area contributed by atoms with E-state index in [0.717, 1.165) is 21.7 Å². The number of halogens is 3. The van der Waals surface area contributed by atoms with E-state index in [9.17, 15) is 22.8 Å². The van der Waals surface area contributed by atoms with Crippen LogP contribution in [0.1, 0.15) is 5.56 Å². The van der Waals surface area contributed by atoms with E-state index < -0.39 is 29.8 Å². The Labute approximate surface area is 149 Å². The highest BCUT2D eigenvalue weighted by atomic mass is 32.1. The van der Waals surface area contributed by atoms with Crippen molar-refractivity contribution in [3.05, 3.63) is 69.8 Å². The summed E-state index contributed by atoms with van der Waals surface area (Å²) >= 11 is 1.43. The van der Waals surface area contributed by atoms with Gasteiger partial charge in [0.25, 0.3) is 5.56 Å². The molecule has 0 saturated heterocycles. The van der Waals surface area contributed by atoms with Crippen molar-refractivity contribution in [1.29, 1.82) is 0 Å². The summed E-state index contributed by atoms with van der Waals surface area (Å²) in [5.74, 6) is -0.651. The van der Waals surface area contributed by atoms with Crippen molar-refractivity contribution < 1.29 is 18.0 Å². The minimum atomic E-state index is -4.51. The second-order valence-electron chi connectivity index (χ2n) is 5.32. The molecule has 2 heterocycles. The lowest BCUT2D eigenvalue weighted by Gasteiger charge is -2.10. The smallest absolute Gasteiger partial charge is 0.324 e. The topological polar surface area (TPSA) is 64.0 Å². The summed E-state index contributed by atoms with van der Waals surface area (Å²) in [5, 5.41) is 8.33. The second-order valence-corrected chi connectivity index (χ2v) is 6.27. The average molecular weight is 379 g/mol. The normalized spacial score (nSPS) is 11.3. The van der Waals surface area contributed by atoms with Crippen molar-refractivity contribution in [3.8, 4) is 10.6 Å². The van der Waals surface area contributed by atoms with E-state index in [-0.39, 0.29) is 5.69 Å². The van der Waals surface area contributed by atoms with E-state index in [4.69, 9.17) is 0 Å². The highest BCUT2D eigenvalue weighted by molar-refractivity contribution is 7.13. The summed E-state index contributed by atoms with van der Waals surface area (Å²) in [5.41, 5.74) is -0.825. The molecule has 0 spiro atoms. The number of nitrogens with one attached hydrogen (secondary N) is 1. The number of nitrogens with zero attached hydrogens (tertiary/aromatic N) is 2. The SMILES string of the molecule is O=C(Cn1nc(-c2cccs2)ccc1=O)Nc1cccc(C(F)(F)F)c1. The van der Waals surface area contributed by atoms with Gasteiger partial charge in [-0.2, -0.15) is 18.3 Å². The first-order valence-electron chi connectivity index (χ1n) is 7.42. The van der Waals surface area contributed by atoms with Gasteiger partial charge >= 0.3 is 6.18 Å². The molecule has 5 nitrogen and oxygen atoms in total. The molecule has 26 heavy (non-hydrogen) atoms. The van der Waals surface area contributed by atoms with Crippen LogP contribution < -0.4 is 10.9 Å². The molecule has 0 unspecified atom stereocenters. The van der Waals surface area contributed by atoms with E-state index in [1.165, 1.54) is 29.5 Å². The standard InChI is InChI=1S/C17H12F3N3O2S/c18-17(19,20)11-3-1-4-12(9-11)21-15(24)10-23-16(25)7-6-13(22-23)14-5-2-8-26-14/h1-9H,10H2,(H,21,24). The molecule has 9 heteroatoms. The fourth-order valence-corrected chi connectivity index (χ4v) is 2.92. The molecule has 0 aliphatic carbocycles. The molecule has 1 N–H and O–H groups in total. The first kappa shape index (κ1) is 17.9. The highest BCUT2D eigenvalue weighted by Crippen LogP contribution is 2.30. The zero-order valence-electron chi connectivity index (χ0n) is 13.2. The lowest BCUT2D eigenvalue weighted by Crippen LogP contribution is -2.29. The molecule has 0 saturated carbocycles. The van der Waals surface area contributed by atoms with Crippen LogP contribution in [0.25, 0.3) is 10.6 Å². The number of anilines is 1. The summed E-state index contributed by atoms with van der Waals surface area (Å²) in [6, 6.07) is 10.8. The van der Waals surface area contributed by atoms with Gasteiger partial charge in [0.05, 0.1) is 10.4 Å². The number of benzene rings is 1. The second kappa shape index (κ2) is 7.12. The highest BCUT2D eigenvalue weighted by Gasteiger charge is 2.30. The summed E-state index contributed by atoms with van der Waals surface area (Å²) < 4.78 is 39.1. The van der Waals surface area contributed by atoms with Crippen molar-refractivity contribution in [3.63, 3.8) is 0 Å². The Hall–Kier alpha value is -2.94. The summed E-state index contributed by atoms with van der Waals surface area (Å²) in [6.07, 6.45) is -4.51. The average Bonchev–Trinajstić information content (AvgIpc) is 3.11. The Bertz CT molecular complexity index is 981. The first-order chi connectivity index (χ1) is 12.3. The van der Waals surface area contributed by atoms with Crippen LogP contribution in [0.3, 0.4) is 0 Å². The molecule has 0 aliphatic heterocycles. The number of aromatic nitrogens is 2. The third kappa shape index (κ3) is 4.17.